The van der Waals surface area contributed by atoms with Crippen LogP contribution in [0.1, 0.15) is 64.2 Å². The first-order valence-corrected chi connectivity index (χ1v) is 8.48. The van der Waals surface area contributed by atoms with Crippen molar-refractivity contribution in [2.24, 2.45) is 0 Å². The molecule has 21 heavy (non-hydrogen) atoms. The highest BCUT2D eigenvalue weighted by molar-refractivity contribution is 5.93. The van der Waals surface area contributed by atoms with Gasteiger partial charge in [-0.3, -0.25) is 9.59 Å². The van der Waals surface area contributed by atoms with Gasteiger partial charge in [0.25, 0.3) is 0 Å². The Balaban J connectivity index is 1.67. The van der Waals surface area contributed by atoms with Crippen molar-refractivity contribution in [1.82, 2.24) is 10.2 Å². The Morgan fingerprint density at radius 3 is 2.62 bits per heavy atom. The fourth-order valence-electron chi connectivity index (χ4n) is 3.96. The van der Waals surface area contributed by atoms with Gasteiger partial charge in [-0.15, -0.1) is 0 Å². The molecule has 1 heterocycles. The van der Waals surface area contributed by atoms with Crippen LogP contribution in [0.3, 0.4) is 0 Å². The van der Waals surface area contributed by atoms with Gasteiger partial charge in [-0.1, -0.05) is 24.5 Å². The maximum atomic E-state index is 12.9. The lowest BCUT2D eigenvalue weighted by atomic mass is 9.94. The van der Waals surface area contributed by atoms with Gasteiger partial charge in [0, 0.05) is 19.5 Å². The molecular weight excluding hydrogens is 264 g/mol. The molecule has 0 bridgehead atoms. The van der Waals surface area contributed by atoms with Gasteiger partial charge in [0.1, 0.15) is 5.54 Å². The first kappa shape index (κ1) is 14.6. The van der Waals surface area contributed by atoms with Gasteiger partial charge in [0.05, 0.1) is 0 Å². The van der Waals surface area contributed by atoms with E-state index in [1.807, 2.05) is 4.90 Å². The first-order valence-electron chi connectivity index (χ1n) is 8.48. The smallest absolute Gasteiger partial charge is 0.248 e. The van der Waals surface area contributed by atoms with Gasteiger partial charge in [-0.2, -0.15) is 0 Å². The molecule has 1 saturated carbocycles. The summed E-state index contributed by atoms with van der Waals surface area (Å²) in [6.45, 7) is 1.36. The molecule has 0 aromatic rings. The molecule has 2 amide bonds. The van der Waals surface area contributed by atoms with E-state index in [2.05, 4.69) is 11.4 Å². The standard InChI is InChI=1S/C17H26N2O2/c20-15-9-13-19(12-8-14-6-2-1-3-7-14)16(21)17(18-15)10-4-5-11-17/h6H,1-5,7-13H2,(H,18,20). The van der Waals surface area contributed by atoms with Crippen LogP contribution in [0.4, 0.5) is 0 Å². The molecule has 2 fully saturated rings. The number of carbonyl (C=O) groups excluding carboxylic acids is 2. The van der Waals surface area contributed by atoms with Crippen molar-refractivity contribution in [1.29, 1.82) is 0 Å². The van der Waals surface area contributed by atoms with Crippen molar-refractivity contribution in [3.05, 3.63) is 11.6 Å². The number of nitrogens with zero attached hydrogens (tertiary/aromatic N) is 1. The molecule has 1 aliphatic heterocycles. The lowest BCUT2D eigenvalue weighted by Crippen LogP contribution is -2.55. The van der Waals surface area contributed by atoms with Crippen LogP contribution >= 0.6 is 0 Å². The van der Waals surface area contributed by atoms with Crippen LogP contribution < -0.4 is 5.32 Å². The average molecular weight is 290 g/mol. The zero-order valence-corrected chi connectivity index (χ0v) is 12.8. The Kier molecular flexibility index (Phi) is 4.32. The largest absolute Gasteiger partial charge is 0.342 e. The normalized spacial score (nSPS) is 25.7. The van der Waals surface area contributed by atoms with Crippen LogP contribution in [-0.2, 0) is 9.59 Å². The highest BCUT2D eigenvalue weighted by atomic mass is 16.2. The molecule has 116 valence electrons. The van der Waals surface area contributed by atoms with Gasteiger partial charge in [-0.25, -0.2) is 0 Å². The van der Waals surface area contributed by atoms with Crippen LogP contribution in [0.15, 0.2) is 11.6 Å². The monoisotopic (exact) mass is 290 g/mol. The quantitative estimate of drug-likeness (QED) is 0.812. The second kappa shape index (κ2) is 6.20. The van der Waals surface area contributed by atoms with Crippen LogP contribution in [0, 0.1) is 0 Å². The predicted octanol–water partition coefficient (Wildman–Crippen LogP) is 2.54. The predicted molar refractivity (Wildman–Crippen MR) is 81.7 cm³/mol. The Morgan fingerprint density at radius 1 is 1.10 bits per heavy atom. The van der Waals surface area contributed by atoms with Gasteiger partial charge < -0.3 is 10.2 Å². The highest BCUT2D eigenvalue weighted by Gasteiger charge is 2.46. The number of amides is 2. The summed E-state index contributed by atoms with van der Waals surface area (Å²) in [7, 11) is 0. The third-order valence-corrected chi connectivity index (χ3v) is 5.23. The minimum Gasteiger partial charge on any atom is -0.342 e. The SMILES string of the molecule is O=C1CCN(CCC2=CCCCC2)C(=O)C2(CCCC2)N1. The molecule has 0 aromatic carbocycles. The molecule has 0 atom stereocenters. The molecule has 2 aliphatic carbocycles. The molecule has 0 radical (unpaired) electrons. The van der Waals surface area contributed by atoms with Crippen molar-refractivity contribution < 1.29 is 9.59 Å². The molecular formula is C17H26N2O2. The minimum absolute atomic E-state index is 0.0460. The number of nitrogens with one attached hydrogen (secondary N) is 1. The van der Waals surface area contributed by atoms with E-state index in [-0.39, 0.29) is 11.8 Å². The number of allylic oxidation sites excluding steroid dienone is 1. The topological polar surface area (TPSA) is 49.4 Å². The Bertz CT molecular complexity index is 450. The van der Waals surface area contributed by atoms with Crippen LogP contribution in [-0.4, -0.2) is 35.3 Å². The molecule has 0 unspecified atom stereocenters. The second-order valence-corrected chi connectivity index (χ2v) is 6.74. The summed E-state index contributed by atoms with van der Waals surface area (Å²) in [5.41, 5.74) is 0.923. The second-order valence-electron chi connectivity index (χ2n) is 6.74. The molecule has 1 spiro atoms. The van der Waals surface area contributed by atoms with E-state index in [4.69, 9.17) is 0 Å². The number of hydrogen-bond donors (Lipinski definition) is 1. The van der Waals surface area contributed by atoms with E-state index >= 15 is 0 Å². The van der Waals surface area contributed by atoms with Crippen molar-refractivity contribution in [3.8, 4) is 0 Å². The molecule has 3 rings (SSSR count). The van der Waals surface area contributed by atoms with Gasteiger partial charge >= 0.3 is 0 Å². The molecule has 4 heteroatoms. The summed E-state index contributed by atoms with van der Waals surface area (Å²) in [6, 6.07) is 0. The molecule has 0 aromatic heterocycles. The lowest BCUT2D eigenvalue weighted by Gasteiger charge is -2.32. The fourth-order valence-corrected chi connectivity index (χ4v) is 3.96. The summed E-state index contributed by atoms with van der Waals surface area (Å²) >= 11 is 0. The Hall–Kier alpha value is -1.32. The van der Waals surface area contributed by atoms with E-state index < -0.39 is 5.54 Å². The van der Waals surface area contributed by atoms with E-state index in [9.17, 15) is 9.59 Å². The molecule has 3 aliphatic rings. The van der Waals surface area contributed by atoms with Crippen molar-refractivity contribution in [3.63, 3.8) is 0 Å². The summed E-state index contributed by atoms with van der Waals surface area (Å²) in [5, 5.41) is 3.03. The fraction of sp³-hybridized carbons (Fsp3) is 0.765. The molecule has 1 saturated heterocycles. The van der Waals surface area contributed by atoms with Gasteiger partial charge in [-0.05, 0) is 44.9 Å². The highest BCUT2D eigenvalue weighted by Crippen LogP contribution is 2.33. The van der Waals surface area contributed by atoms with Crippen LogP contribution in [0.2, 0.25) is 0 Å². The van der Waals surface area contributed by atoms with Crippen molar-refractivity contribution >= 4 is 11.8 Å². The average Bonchev–Trinajstić information content (AvgIpc) is 2.93. The maximum Gasteiger partial charge on any atom is 0.248 e. The van der Waals surface area contributed by atoms with Crippen LogP contribution in [0.5, 0.6) is 0 Å². The summed E-state index contributed by atoms with van der Waals surface area (Å²) in [5.74, 6) is 0.215. The number of hydrogen-bond acceptors (Lipinski definition) is 2. The van der Waals surface area contributed by atoms with Gasteiger partial charge in [0.15, 0.2) is 0 Å². The van der Waals surface area contributed by atoms with Crippen molar-refractivity contribution in [2.75, 3.05) is 13.1 Å². The summed E-state index contributed by atoms with van der Waals surface area (Å²) < 4.78 is 0. The van der Waals surface area contributed by atoms with E-state index in [0.717, 1.165) is 38.6 Å². The third-order valence-electron chi connectivity index (χ3n) is 5.23. The summed E-state index contributed by atoms with van der Waals surface area (Å²) in [4.78, 5) is 26.8. The van der Waals surface area contributed by atoms with Crippen molar-refractivity contribution in [2.45, 2.75) is 69.7 Å². The zero-order chi connectivity index (χ0) is 14.7. The van der Waals surface area contributed by atoms with E-state index in [1.165, 1.54) is 31.3 Å². The summed E-state index contributed by atoms with van der Waals surface area (Å²) in [6.07, 6.45) is 12.5. The lowest BCUT2D eigenvalue weighted by molar-refractivity contribution is -0.138. The third kappa shape index (κ3) is 3.14. The molecule has 4 nitrogen and oxygen atoms in total. The number of carbonyl (C=O) groups is 2. The van der Waals surface area contributed by atoms with E-state index in [1.54, 1.807) is 0 Å². The number of rotatable bonds is 3. The maximum absolute atomic E-state index is 12.9. The van der Waals surface area contributed by atoms with E-state index in [0.29, 0.717) is 13.0 Å². The minimum atomic E-state index is -0.575. The van der Waals surface area contributed by atoms with Gasteiger partial charge in [0.2, 0.25) is 11.8 Å². The molecule has 1 N–H and O–H groups in total. The first-order chi connectivity index (χ1) is 10.2. The van der Waals surface area contributed by atoms with Crippen LogP contribution in [0.25, 0.3) is 0 Å². The Morgan fingerprint density at radius 2 is 1.90 bits per heavy atom. The Labute approximate surface area is 127 Å². The zero-order valence-electron chi connectivity index (χ0n) is 12.8.